The molecule has 0 aliphatic heterocycles. The summed E-state index contributed by atoms with van der Waals surface area (Å²) in [5.41, 5.74) is 3.55. The van der Waals surface area contributed by atoms with Gasteiger partial charge in [-0.1, -0.05) is 18.2 Å². The van der Waals surface area contributed by atoms with Crippen molar-refractivity contribution < 1.29 is 9.63 Å². The molecule has 0 saturated heterocycles. The molecule has 0 radical (unpaired) electrons. The zero-order chi connectivity index (χ0) is 9.68. The zero-order valence-electron chi connectivity index (χ0n) is 7.78. The summed E-state index contributed by atoms with van der Waals surface area (Å²) in [5, 5.41) is 0. The maximum absolute atomic E-state index is 10.8. The summed E-state index contributed by atoms with van der Waals surface area (Å²) in [5.74, 6) is 0.00318. The van der Waals surface area contributed by atoms with Crippen molar-refractivity contribution in [2.45, 2.75) is 20.0 Å². The number of ketones is 1. The second-order valence-electron chi connectivity index (χ2n) is 2.84. The van der Waals surface area contributed by atoms with Crippen molar-refractivity contribution in [3.8, 4) is 0 Å². The maximum atomic E-state index is 10.8. The monoisotopic (exact) mass is 179 g/mol. The number of anilines is 1. The quantitative estimate of drug-likeness (QED) is 0.718. The number of hydrogen-bond acceptors (Lipinski definition) is 3. The van der Waals surface area contributed by atoms with Gasteiger partial charge in [0.2, 0.25) is 0 Å². The molecule has 3 nitrogen and oxygen atoms in total. The third kappa shape index (κ3) is 3.25. The van der Waals surface area contributed by atoms with Gasteiger partial charge in [0, 0.05) is 0 Å². The van der Waals surface area contributed by atoms with Gasteiger partial charge in [-0.15, -0.1) is 0 Å². The molecule has 70 valence electrons. The van der Waals surface area contributed by atoms with E-state index in [1.165, 1.54) is 6.92 Å². The highest BCUT2D eigenvalue weighted by Crippen LogP contribution is 2.05. The number of carbonyl (C=O) groups excluding carboxylic acids is 1. The molecule has 1 unspecified atom stereocenters. The van der Waals surface area contributed by atoms with Crippen LogP contribution in [-0.4, -0.2) is 11.9 Å². The molecule has 1 aromatic carbocycles. The second-order valence-corrected chi connectivity index (χ2v) is 2.84. The van der Waals surface area contributed by atoms with Gasteiger partial charge in [0.1, 0.15) is 6.10 Å². The summed E-state index contributed by atoms with van der Waals surface area (Å²) >= 11 is 0. The predicted molar refractivity (Wildman–Crippen MR) is 51.3 cm³/mol. The fourth-order valence-corrected chi connectivity index (χ4v) is 0.746. The number of benzene rings is 1. The largest absolute Gasteiger partial charge is 0.297 e. The van der Waals surface area contributed by atoms with Crippen LogP contribution in [0.2, 0.25) is 0 Å². The first-order chi connectivity index (χ1) is 6.20. The second kappa shape index (κ2) is 4.62. The minimum atomic E-state index is -0.416. The van der Waals surface area contributed by atoms with Gasteiger partial charge in [0.05, 0.1) is 5.69 Å². The van der Waals surface area contributed by atoms with Crippen LogP contribution in [0, 0.1) is 0 Å². The van der Waals surface area contributed by atoms with Crippen molar-refractivity contribution in [1.82, 2.24) is 0 Å². The Hall–Kier alpha value is -1.35. The van der Waals surface area contributed by atoms with E-state index in [0.29, 0.717) is 0 Å². The molecule has 0 fully saturated rings. The van der Waals surface area contributed by atoms with Crippen LogP contribution in [0.5, 0.6) is 0 Å². The van der Waals surface area contributed by atoms with E-state index in [9.17, 15) is 4.79 Å². The van der Waals surface area contributed by atoms with Crippen LogP contribution < -0.4 is 5.48 Å². The van der Waals surface area contributed by atoms with Crippen LogP contribution in [-0.2, 0) is 9.63 Å². The zero-order valence-corrected chi connectivity index (χ0v) is 7.78. The van der Waals surface area contributed by atoms with Crippen molar-refractivity contribution in [3.05, 3.63) is 30.3 Å². The Labute approximate surface area is 77.7 Å². The predicted octanol–water partition coefficient (Wildman–Crippen LogP) is 2.01. The summed E-state index contributed by atoms with van der Waals surface area (Å²) in [6.07, 6.45) is -0.416. The van der Waals surface area contributed by atoms with E-state index in [0.717, 1.165) is 5.69 Å². The molecular formula is C10H13NO2. The molecule has 0 heterocycles. The molecular weight excluding hydrogens is 166 g/mol. The van der Waals surface area contributed by atoms with E-state index < -0.39 is 6.10 Å². The third-order valence-corrected chi connectivity index (χ3v) is 1.70. The topological polar surface area (TPSA) is 38.3 Å². The van der Waals surface area contributed by atoms with E-state index in [-0.39, 0.29) is 5.78 Å². The van der Waals surface area contributed by atoms with E-state index in [4.69, 9.17) is 4.84 Å². The molecule has 0 aromatic heterocycles. The third-order valence-electron chi connectivity index (χ3n) is 1.70. The van der Waals surface area contributed by atoms with Crippen LogP contribution in [0.1, 0.15) is 13.8 Å². The molecule has 0 bridgehead atoms. The molecule has 0 aliphatic carbocycles. The Bertz CT molecular complexity index is 272. The van der Waals surface area contributed by atoms with Gasteiger partial charge in [0.25, 0.3) is 0 Å². The Balaban J connectivity index is 2.39. The van der Waals surface area contributed by atoms with Gasteiger partial charge < -0.3 is 0 Å². The van der Waals surface area contributed by atoms with Crippen molar-refractivity contribution in [2.75, 3.05) is 5.48 Å². The van der Waals surface area contributed by atoms with E-state index in [1.807, 2.05) is 30.3 Å². The van der Waals surface area contributed by atoms with Crippen molar-refractivity contribution in [1.29, 1.82) is 0 Å². The molecule has 0 spiro atoms. The normalized spacial score (nSPS) is 12.2. The number of hydrogen-bond donors (Lipinski definition) is 1. The minimum Gasteiger partial charge on any atom is -0.297 e. The number of para-hydroxylation sites is 1. The molecule has 13 heavy (non-hydrogen) atoms. The highest BCUT2D eigenvalue weighted by molar-refractivity contribution is 5.80. The highest BCUT2D eigenvalue weighted by Gasteiger charge is 2.06. The maximum Gasteiger partial charge on any atom is 0.160 e. The lowest BCUT2D eigenvalue weighted by molar-refractivity contribution is -0.125. The van der Waals surface area contributed by atoms with Gasteiger partial charge >= 0.3 is 0 Å². The fraction of sp³-hybridized carbons (Fsp3) is 0.300. The number of Topliss-reactive ketones (excluding diaryl/α,β-unsaturated/α-hetero) is 1. The molecule has 0 aliphatic rings. The molecule has 1 rings (SSSR count). The van der Waals surface area contributed by atoms with Crippen LogP contribution in [0.15, 0.2) is 30.3 Å². The van der Waals surface area contributed by atoms with Gasteiger partial charge in [0.15, 0.2) is 5.78 Å². The van der Waals surface area contributed by atoms with E-state index >= 15 is 0 Å². The van der Waals surface area contributed by atoms with E-state index in [2.05, 4.69) is 5.48 Å². The minimum absolute atomic E-state index is 0.00318. The van der Waals surface area contributed by atoms with Gasteiger partial charge in [-0.2, -0.15) is 0 Å². The number of rotatable bonds is 4. The van der Waals surface area contributed by atoms with Crippen LogP contribution in [0.3, 0.4) is 0 Å². The van der Waals surface area contributed by atoms with E-state index in [1.54, 1.807) is 6.92 Å². The smallest absolute Gasteiger partial charge is 0.160 e. The molecule has 1 aromatic rings. The SMILES string of the molecule is CC(=O)C(C)ONc1ccccc1. The molecule has 0 saturated carbocycles. The lowest BCUT2D eigenvalue weighted by Gasteiger charge is -2.10. The lowest BCUT2D eigenvalue weighted by atomic mass is 10.3. The number of carbonyl (C=O) groups is 1. The van der Waals surface area contributed by atoms with Crippen LogP contribution in [0.25, 0.3) is 0 Å². The lowest BCUT2D eigenvalue weighted by Crippen LogP contribution is -2.20. The summed E-state index contributed by atoms with van der Waals surface area (Å²) in [6, 6.07) is 9.44. The first-order valence-electron chi connectivity index (χ1n) is 4.17. The Kier molecular flexibility index (Phi) is 3.46. The van der Waals surface area contributed by atoms with Gasteiger partial charge in [-0.05, 0) is 26.0 Å². The molecule has 3 heteroatoms. The molecule has 1 N–H and O–H groups in total. The molecule has 0 amide bonds. The number of nitrogens with one attached hydrogen (secondary N) is 1. The fourth-order valence-electron chi connectivity index (χ4n) is 0.746. The Morgan fingerprint density at radius 3 is 2.54 bits per heavy atom. The average molecular weight is 179 g/mol. The summed E-state index contributed by atoms with van der Waals surface area (Å²) in [4.78, 5) is 15.9. The first-order valence-corrected chi connectivity index (χ1v) is 4.17. The summed E-state index contributed by atoms with van der Waals surface area (Å²) in [6.45, 7) is 3.20. The highest BCUT2D eigenvalue weighted by atomic mass is 16.7. The van der Waals surface area contributed by atoms with Crippen molar-refractivity contribution in [3.63, 3.8) is 0 Å². The van der Waals surface area contributed by atoms with Crippen molar-refractivity contribution in [2.24, 2.45) is 0 Å². The average Bonchev–Trinajstić information content (AvgIpc) is 2.15. The molecule has 1 atom stereocenters. The van der Waals surface area contributed by atoms with Crippen molar-refractivity contribution >= 4 is 11.5 Å². The summed E-state index contributed by atoms with van der Waals surface area (Å²) < 4.78 is 0. The van der Waals surface area contributed by atoms with Crippen LogP contribution in [0.4, 0.5) is 5.69 Å². The van der Waals surface area contributed by atoms with Gasteiger partial charge in [-0.3, -0.25) is 15.1 Å². The Morgan fingerprint density at radius 2 is 2.00 bits per heavy atom. The standard InChI is InChI=1S/C10H13NO2/c1-8(12)9(2)13-11-10-6-4-3-5-7-10/h3-7,9,11H,1-2H3. The van der Waals surface area contributed by atoms with Gasteiger partial charge in [-0.25, -0.2) is 0 Å². The Morgan fingerprint density at radius 1 is 1.38 bits per heavy atom. The first kappa shape index (κ1) is 9.74. The summed E-state index contributed by atoms with van der Waals surface area (Å²) in [7, 11) is 0. The van der Waals surface area contributed by atoms with Crippen LogP contribution >= 0.6 is 0 Å².